The maximum atomic E-state index is 13.0. The summed E-state index contributed by atoms with van der Waals surface area (Å²) in [5.74, 6) is 2.02. The molecule has 0 aliphatic carbocycles. The van der Waals surface area contributed by atoms with Gasteiger partial charge >= 0.3 is 0 Å². The van der Waals surface area contributed by atoms with E-state index in [1.807, 2.05) is 48.5 Å². The first kappa shape index (κ1) is 19.5. The van der Waals surface area contributed by atoms with Gasteiger partial charge in [0.25, 0.3) is 5.56 Å². The predicted molar refractivity (Wildman–Crippen MR) is 115 cm³/mol. The number of methoxy groups -OCH3 is 2. The number of nitrogens with zero attached hydrogens (tertiary/aromatic N) is 6. The Morgan fingerprint density at radius 3 is 2.62 bits per heavy atom. The highest BCUT2D eigenvalue weighted by atomic mass is 16.5. The highest BCUT2D eigenvalue weighted by Crippen LogP contribution is 2.27. The zero-order valence-electron chi connectivity index (χ0n) is 17.3. The Hall–Kier alpha value is -4.47. The van der Waals surface area contributed by atoms with Crippen LogP contribution in [0.2, 0.25) is 0 Å². The third-order valence-corrected chi connectivity index (χ3v) is 4.99. The molecule has 5 rings (SSSR count). The minimum Gasteiger partial charge on any atom is -0.497 e. The number of rotatable bonds is 6. The van der Waals surface area contributed by atoms with Crippen molar-refractivity contribution in [2.45, 2.75) is 6.54 Å². The first-order chi connectivity index (χ1) is 15.7. The van der Waals surface area contributed by atoms with Gasteiger partial charge in [0.05, 0.1) is 31.7 Å². The third-order valence-electron chi connectivity index (χ3n) is 4.99. The molecule has 32 heavy (non-hydrogen) atoms. The molecule has 0 saturated carbocycles. The lowest BCUT2D eigenvalue weighted by atomic mass is 10.2. The Morgan fingerprint density at radius 2 is 1.84 bits per heavy atom. The largest absolute Gasteiger partial charge is 0.497 e. The van der Waals surface area contributed by atoms with Crippen LogP contribution >= 0.6 is 0 Å². The molecule has 0 fully saturated rings. The minimum atomic E-state index is -0.258. The van der Waals surface area contributed by atoms with Crippen molar-refractivity contribution >= 4 is 11.0 Å². The van der Waals surface area contributed by atoms with Crippen LogP contribution in [0.4, 0.5) is 0 Å². The zero-order valence-corrected chi connectivity index (χ0v) is 17.3. The fraction of sp³-hybridized carbons (Fsp3) is 0.136. The SMILES string of the molecule is COc1ccc(-n2ncc3c(=O)n(Cc4nc(-c5ccccc5OC)no4)cnc32)cc1. The van der Waals surface area contributed by atoms with Crippen molar-refractivity contribution in [1.82, 2.24) is 29.5 Å². The van der Waals surface area contributed by atoms with Crippen LogP contribution in [0.1, 0.15) is 5.89 Å². The number of ether oxygens (including phenoxy) is 2. The van der Waals surface area contributed by atoms with Crippen molar-refractivity contribution in [2.24, 2.45) is 0 Å². The second-order valence-electron chi connectivity index (χ2n) is 6.88. The highest BCUT2D eigenvalue weighted by Gasteiger charge is 2.16. The van der Waals surface area contributed by atoms with E-state index in [4.69, 9.17) is 14.0 Å². The van der Waals surface area contributed by atoms with Gasteiger partial charge in [0.2, 0.25) is 11.7 Å². The van der Waals surface area contributed by atoms with Crippen LogP contribution in [0.25, 0.3) is 28.1 Å². The van der Waals surface area contributed by atoms with Crippen molar-refractivity contribution in [3.05, 3.63) is 77.3 Å². The number of hydrogen-bond donors (Lipinski definition) is 0. The molecule has 0 aliphatic heterocycles. The molecule has 0 bridgehead atoms. The first-order valence-electron chi connectivity index (χ1n) is 9.71. The summed E-state index contributed by atoms with van der Waals surface area (Å²) in [5, 5.41) is 8.72. The smallest absolute Gasteiger partial charge is 0.264 e. The van der Waals surface area contributed by atoms with Gasteiger partial charge in [-0.05, 0) is 36.4 Å². The lowest BCUT2D eigenvalue weighted by molar-refractivity contribution is 0.369. The topological polar surface area (TPSA) is 110 Å². The van der Waals surface area contributed by atoms with E-state index >= 15 is 0 Å². The van der Waals surface area contributed by atoms with Gasteiger partial charge in [0.15, 0.2) is 5.65 Å². The van der Waals surface area contributed by atoms with Crippen molar-refractivity contribution in [1.29, 1.82) is 0 Å². The molecule has 5 aromatic rings. The molecule has 0 saturated heterocycles. The number of para-hydroxylation sites is 1. The number of aromatic nitrogens is 6. The molecular formula is C22H18N6O4. The van der Waals surface area contributed by atoms with Crippen LogP contribution < -0.4 is 15.0 Å². The zero-order chi connectivity index (χ0) is 22.1. The Kier molecular flexibility index (Phi) is 4.86. The third kappa shape index (κ3) is 3.37. The molecule has 3 aromatic heterocycles. The van der Waals surface area contributed by atoms with Crippen LogP contribution in [0.3, 0.4) is 0 Å². The van der Waals surface area contributed by atoms with E-state index in [1.54, 1.807) is 18.9 Å². The Labute approximate surface area is 181 Å². The molecule has 10 nitrogen and oxygen atoms in total. The van der Waals surface area contributed by atoms with Crippen LogP contribution in [-0.4, -0.2) is 43.7 Å². The Morgan fingerprint density at radius 1 is 1.03 bits per heavy atom. The maximum Gasteiger partial charge on any atom is 0.264 e. The van der Waals surface area contributed by atoms with Gasteiger partial charge in [-0.25, -0.2) is 9.67 Å². The Bertz CT molecular complexity index is 1450. The van der Waals surface area contributed by atoms with Gasteiger partial charge in [-0.15, -0.1) is 0 Å². The van der Waals surface area contributed by atoms with Gasteiger partial charge in [-0.3, -0.25) is 9.36 Å². The van der Waals surface area contributed by atoms with E-state index in [9.17, 15) is 4.79 Å². The molecule has 10 heteroatoms. The summed E-state index contributed by atoms with van der Waals surface area (Å²) in [6, 6.07) is 14.7. The van der Waals surface area contributed by atoms with E-state index in [0.29, 0.717) is 28.2 Å². The molecule has 3 heterocycles. The molecule has 0 N–H and O–H groups in total. The van der Waals surface area contributed by atoms with E-state index in [-0.39, 0.29) is 18.0 Å². The van der Waals surface area contributed by atoms with E-state index in [1.165, 1.54) is 17.1 Å². The molecule has 0 atom stereocenters. The second-order valence-corrected chi connectivity index (χ2v) is 6.88. The standard InChI is InChI=1S/C22H18N6O4/c1-30-15-9-7-14(8-10-15)28-21-17(11-24-28)22(29)27(13-23-21)12-19-25-20(26-32-19)16-5-3-4-6-18(16)31-2/h3-11,13H,12H2,1-2H3. The summed E-state index contributed by atoms with van der Waals surface area (Å²) in [6.07, 6.45) is 2.94. The van der Waals surface area contributed by atoms with Crippen molar-refractivity contribution in [3.8, 4) is 28.6 Å². The van der Waals surface area contributed by atoms with Crippen LogP contribution in [0.15, 0.2) is 70.4 Å². The summed E-state index contributed by atoms with van der Waals surface area (Å²) in [7, 11) is 3.18. The van der Waals surface area contributed by atoms with Crippen LogP contribution in [0, 0.1) is 0 Å². The molecule has 0 spiro atoms. The Balaban J connectivity index is 1.45. The average molecular weight is 430 g/mol. The van der Waals surface area contributed by atoms with Crippen LogP contribution in [-0.2, 0) is 6.54 Å². The van der Waals surface area contributed by atoms with E-state index in [2.05, 4.69) is 20.2 Å². The fourth-order valence-corrected chi connectivity index (χ4v) is 3.38. The number of hydrogen-bond acceptors (Lipinski definition) is 8. The molecule has 160 valence electrons. The van der Waals surface area contributed by atoms with Crippen molar-refractivity contribution in [2.75, 3.05) is 14.2 Å². The fourth-order valence-electron chi connectivity index (χ4n) is 3.38. The van der Waals surface area contributed by atoms with Crippen LogP contribution in [0.5, 0.6) is 11.5 Å². The van der Waals surface area contributed by atoms with Crippen molar-refractivity contribution < 1.29 is 14.0 Å². The quantitative estimate of drug-likeness (QED) is 0.404. The summed E-state index contributed by atoms with van der Waals surface area (Å²) in [6.45, 7) is 0.0810. The first-order valence-corrected chi connectivity index (χ1v) is 9.71. The van der Waals surface area contributed by atoms with Gasteiger partial charge in [0.1, 0.15) is 29.8 Å². The van der Waals surface area contributed by atoms with Gasteiger partial charge in [-0.2, -0.15) is 10.1 Å². The normalized spacial score (nSPS) is 11.1. The average Bonchev–Trinajstić information content (AvgIpc) is 3.48. The molecule has 2 aromatic carbocycles. The van der Waals surface area contributed by atoms with Gasteiger partial charge in [0, 0.05) is 0 Å². The highest BCUT2D eigenvalue weighted by molar-refractivity contribution is 5.75. The molecular weight excluding hydrogens is 412 g/mol. The predicted octanol–water partition coefficient (Wildman–Crippen LogP) is 2.70. The van der Waals surface area contributed by atoms with E-state index < -0.39 is 0 Å². The summed E-state index contributed by atoms with van der Waals surface area (Å²) in [5.41, 5.74) is 1.67. The molecule has 0 aliphatic rings. The van der Waals surface area contributed by atoms with Gasteiger partial charge < -0.3 is 14.0 Å². The van der Waals surface area contributed by atoms with Crippen molar-refractivity contribution in [3.63, 3.8) is 0 Å². The second kappa shape index (κ2) is 7.99. The monoisotopic (exact) mass is 430 g/mol. The molecule has 0 radical (unpaired) electrons. The maximum absolute atomic E-state index is 13.0. The lowest BCUT2D eigenvalue weighted by Crippen LogP contribution is -2.21. The van der Waals surface area contributed by atoms with E-state index in [0.717, 1.165) is 11.4 Å². The molecule has 0 unspecified atom stereocenters. The summed E-state index contributed by atoms with van der Waals surface area (Å²) < 4.78 is 18.9. The number of benzene rings is 2. The lowest BCUT2D eigenvalue weighted by Gasteiger charge is -2.05. The summed E-state index contributed by atoms with van der Waals surface area (Å²) >= 11 is 0. The minimum absolute atomic E-state index is 0.0810. The molecule has 0 amide bonds. The van der Waals surface area contributed by atoms with Gasteiger partial charge in [-0.1, -0.05) is 17.3 Å². The summed E-state index contributed by atoms with van der Waals surface area (Å²) in [4.78, 5) is 21.8. The number of fused-ring (bicyclic) bond motifs is 1.